The van der Waals surface area contributed by atoms with Gasteiger partial charge in [-0.2, -0.15) is 44.8 Å². The van der Waals surface area contributed by atoms with Gasteiger partial charge in [0.25, 0.3) is 11.8 Å². The summed E-state index contributed by atoms with van der Waals surface area (Å²) in [4.78, 5) is 24.5. The molecule has 0 fully saturated rings. The maximum atomic E-state index is 13.7. The number of nitriles is 1. The van der Waals surface area contributed by atoms with Crippen LogP contribution >= 0.6 is 0 Å². The molecule has 0 bridgehead atoms. The van der Waals surface area contributed by atoms with Gasteiger partial charge in [0, 0.05) is 13.0 Å². The van der Waals surface area contributed by atoms with Crippen molar-refractivity contribution < 1.29 is 49.1 Å². The first-order valence-corrected chi connectivity index (χ1v) is 7.63. The molecule has 13 heteroatoms. The highest BCUT2D eigenvalue weighted by molar-refractivity contribution is 6.21. The number of imide groups is 1. The van der Waals surface area contributed by atoms with Gasteiger partial charge in [0.05, 0.1) is 23.1 Å². The molecule has 0 saturated carbocycles. The molecule has 1 aliphatic rings. The van der Waals surface area contributed by atoms with Crippen molar-refractivity contribution in [2.75, 3.05) is 6.54 Å². The van der Waals surface area contributed by atoms with Crippen molar-refractivity contribution in [1.29, 1.82) is 5.26 Å². The molecule has 1 aliphatic heterocycles. The summed E-state index contributed by atoms with van der Waals surface area (Å²) in [5.74, 6) is -24.4. The number of hydrogen-bond acceptors (Lipinski definition) is 3. The van der Waals surface area contributed by atoms with Gasteiger partial charge in [-0.05, 0) is 12.1 Å². The predicted molar refractivity (Wildman–Crippen MR) is 76.4 cm³/mol. The summed E-state index contributed by atoms with van der Waals surface area (Å²) in [6.45, 7) is -1.20. The topological polar surface area (TPSA) is 61.2 Å². The molecule has 2 rings (SSSR count). The number of fused-ring (bicyclic) bond motifs is 1. The van der Waals surface area contributed by atoms with Crippen LogP contribution in [0.4, 0.5) is 39.5 Å². The number of halogens is 9. The Morgan fingerprint density at radius 1 is 0.862 bits per heavy atom. The number of carbonyl (C=O) groups excluding carboxylic acids is 2. The maximum absolute atomic E-state index is 13.7. The average Bonchev–Trinajstić information content (AvgIpc) is 2.85. The number of alkyl halides is 9. The van der Waals surface area contributed by atoms with Crippen molar-refractivity contribution in [1.82, 2.24) is 4.90 Å². The molecule has 1 heterocycles. The van der Waals surface area contributed by atoms with Gasteiger partial charge in [-0.1, -0.05) is 12.1 Å². The van der Waals surface area contributed by atoms with E-state index in [4.69, 9.17) is 5.26 Å². The average molecular weight is 432 g/mol. The third kappa shape index (κ3) is 3.51. The quantitative estimate of drug-likeness (QED) is 0.498. The van der Waals surface area contributed by atoms with Crippen molar-refractivity contribution in [3.05, 3.63) is 35.4 Å². The standard InChI is InChI=1S/C16H9F9N2O2/c17-13(18,14(19,20)15(21,22)16(23,24)25)5-8(6-26)7-27-11(28)9-3-1-2-4-10(9)12(27)29/h1-4,8H,5,7H2/t8-/m0/s1. The summed E-state index contributed by atoms with van der Waals surface area (Å²) < 4.78 is 116. The molecule has 4 nitrogen and oxygen atoms in total. The van der Waals surface area contributed by atoms with Gasteiger partial charge in [-0.15, -0.1) is 0 Å². The predicted octanol–water partition coefficient (Wildman–Crippen LogP) is 4.28. The molecule has 2 amide bonds. The highest BCUT2D eigenvalue weighted by atomic mass is 19.4. The largest absolute Gasteiger partial charge is 0.460 e. The third-order valence-electron chi connectivity index (χ3n) is 4.18. The third-order valence-corrected chi connectivity index (χ3v) is 4.18. The van der Waals surface area contributed by atoms with E-state index in [1.165, 1.54) is 24.3 Å². The molecule has 158 valence electrons. The number of amides is 2. The Morgan fingerprint density at radius 3 is 1.69 bits per heavy atom. The Morgan fingerprint density at radius 2 is 1.31 bits per heavy atom. The van der Waals surface area contributed by atoms with Crippen molar-refractivity contribution in [2.45, 2.75) is 30.4 Å². The number of nitrogens with zero attached hydrogens (tertiary/aromatic N) is 2. The summed E-state index contributed by atoms with van der Waals surface area (Å²) in [6, 6.07) is 6.10. The van der Waals surface area contributed by atoms with Crippen LogP contribution in [0.1, 0.15) is 27.1 Å². The van der Waals surface area contributed by atoms with E-state index in [1.807, 2.05) is 0 Å². The normalized spacial score (nSPS) is 16.6. The summed E-state index contributed by atoms with van der Waals surface area (Å²) in [5, 5.41) is 8.88. The molecular formula is C16H9F9N2O2. The number of rotatable bonds is 6. The van der Waals surface area contributed by atoms with Crippen molar-refractivity contribution in [3.8, 4) is 6.07 Å². The first kappa shape index (κ1) is 22.5. The zero-order chi connectivity index (χ0) is 22.4. The summed E-state index contributed by atoms with van der Waals surface area (Å²) in [6.07, 6.45) is -9.43. The summed E-state index contributed by atoms with van der Waals surface area (Å²) in [5.41, 5.74) is -0.343. The van der Waals surface area contributed by atoms with Gasteiger partial charge < -0.3 is 0 Å². The minimum atomic E-state index is -7.08. The van der Waals surface area contributed by atoms with Gasteiger partial charge in [-0.25, -0.2) is 0 Å². The van der Waals surface area contributed by atoms with Crippen LogP contribution in [0.25, 0.3) is 0 Å². The van der Waals surface area contributed by atoms with Crippen LogP contribution in [0.5, 0.6) is 0 Å². The van der Waals surface area contributed by atoms with E-state index < -0.39 is 54.6 Å². The number of carbonyl (C=O) groups is 2. The molecule has 1 aromatic rings. The highest BCUT2D eigenvalue weighted by Gasteiger charge is 2.81. The number of hydrogen-bond donors (Lipinski definition) is 0. The maximum Gasteiger partial charge on any atom is 0.460 e. The Balaban J connectivity index is 2.25. The summed E-state index contributed by atoms with van der Waals surface area (Å²) >= 11 is 0. The molecule has 29 heavy (non-hydrogen) atoms. The lowest BCUT2D eigenvalue weighted by Gasteiger charge is -2.34. The lowest BCUT2D eigenvalue weighted by atomic mass is 9.93. The van der Waals surface area contributed by atoms with E-state index in [1.54, 1.807) is 0 Å². The molecule has 0 N–H and O–H groups in total. The Kier molecular flexibility index (Phi) is 5.38. The zero-order valence-corrected chi connectivity index (χ0v) is 13.9. The number of benzene rings is 1. The zero-order valence-electron chi connectivity index (χ0n) is 13.9. The van der Waals surface area contributed by atoms with Crippen LogP contribution < -0.4 is 0 Å². The minimum Gasteiger partial charge on any atom is -0.273 e. The summed E-state index contributed by atoms with van der Waals surface area (Å²) in [7, 11) is 0. The van der Waals surface area contributed by atoms with Crippen LogP contribution in [0.3, 0.4) is 0 Å². The molecule has 0 aliphatic carbocycles. The van der Waals surface area contributed by atoms with Crippen molar-refractivity contribution >= 4 is 11.8 Å². The molecule has 0 spiro atoms. The Bertz CT molecular complexity index is 839. The van der Waals surface area contributed by atoms with Crippen LogP contribution in [-0.2, 0) is 0 Å². The van der Waals surface area contributed by atoms with Gasteiger partial charge in [0.2, 0.25) is 0 Å². The highest BCUT2D eigenvalue weighted by Crippen LogP contribution is 2.54. The van der Waals surface area contributed by atoms with Crippen LogP contribution in [0.15, 0.2) is 24.3 Å². The Hall–Kier alpha value is -2.78. The van der Waals surface area contributed by atoms with E-state index in [-0.39, 0.29) is 16.0 Å². The van der Waals surface area contributed by atoms with Crippen LogP contribution in [0.2, 0.25) is 0 Å². The molecule has 0 unspecified atom stereocenters. The fourth-order valence-corrected chi connectivity index (χ4v) is 2.62. The monoisotopic (exact) mass is 432 g/mol. The second-order valence-electron chi connectivity index (χ2n) is 6.15. The molecule has 1 atom stereocenters. The van der Waals surface area contributed by atoms with Gasteiger partial charge >= 0.3 is 23.9 Å². The molecule has 1 aromatic carbocycles. The van der Waals surface area contributed by atoms with Gasteiger partial charge in [0.15, 0.2) is 0 Å². The second-order valence-corrected chi connectivity index (χ2v) is 6.15. The second kappa shape index (κ2) is 6.93. The fourth-order valence-electron chi connectivity index (χ4n) is 2.62. The van der Waals surface area contributed by atoms with Crippen LogP contribution in [0, 0.1) is 17.2 Å². The smallest absolute Gasteiger partial charge is 0.273 e. The minimum absolute atomic E-state index is 0.171. The SMILES string of the molecule is N#C[C@@H](CN1C(=O)c2ccccc2C1=O)CC(F)(F)C(F)(F)C(F)(F)C(F)(F)F. The lowest BCUT2D eigenvalue weighted by Crippen LogP contribution is -2.61. The fraction of sp³-hybridized carbons (Fsp3) is 0.438. The first-order chi connectivity index (χ1) is 13.1. The van der Waals surface area contributed by atoms with Crippen LogP contribution in [-0.4, -0.2) is 47.2 Å². The van der Waals surface area contributed by atoms with Crippen molar-refractivity contribution in [2.24, 2.45) is 5.92 Å². The molecule has 0 aromatic heterocycles. The van der Waals surface area contributed by atoms with E-state index in [0.29, 0.717) is 0 Å². The first-order valence-electron chi connectivity index (χ1n) is 7.63. The van der Waals surface area contributed by atoms with Crippen molar-refractivity contribution in [3.63, 3.8) is 0 Å². The van der Waals surface area contributed by atoms with Gasteiger partial charge in [0.1, 0.15) is 0 Å². The molecular weight excluding hydrogens is 423 g/mol. The molecule has 0 radical (unpaired) electrons. The van der Waals surface area contributed by atoms with E-state index in [0.717, 1.165) is 6.07 Å². The van der Waals surface area contributed by atoms with E-state index in [9.17, 15) is 49.1 Å². The molecule has 0 saturated heterocycles. The van der Waals surface area contributed by atoms with E-state index >= 15 is 0 Å². The van der Waals surface area contributed by atoms with Gasteiger partial charge in [-0.3, -0.25) is 14.5 Å². The Labute approximate surface area is 156 Å². The lowest BCUT2D eigenvalue weighted by molar-refractivity contribution is -0.397. The van der Waals surface area contributed by atoms with E-state index in [2.05, 4.69) is 0 Å².